The van der Waals surface area contributed by atoms with Crippen LogP contribution in [0.25, 0.3) is 0 Å². The fraction of sp³-hybridized carbons (Fsp3) is 0.300. The van der Waals surface area contributed by atoms with Crippen LogP contribution in [0.3, 0.4) is 0 Å². The minimum Gasteiger partial charge on any atom is -0.491 e. The van der Waals surface area contributed by atoms with Gasteiger partial charge in [0.2, 0.25) is 6.08 Å². The van der Waals surface area contributed by atoms with E-state index in [1.165, 1.54) is 6.08 Å². The molecule has 1 aromatic rings. The zero-order valence-corrected chi connectivity index (χ0v) is 7.64. The van der Waals surface area contributed by atoms with Gasteiger partial charge in [-0.15, -0.1) is 0 Å². The predicted octanol–water partition coefficient (Wildman–Crippen LogP) is 0.893. The van der Waals surface area contributed by atoms with Gasteiger partial charge in [-0.2, -0.15) is 0 Å². The average molecular weight is 193 g/mol. The lowest BCUT2D eigenvalue weighted by atomic mass is 10.2. The summed E-state index contributed by atoms with van der Waals surface area (Å²) in [4.78, 5) is 13.3. The van der Waals surface area contributed by atoms with Crippen molar-refractivity contribution >= 4 is 6.08 Å². The summed E-state index contributed by atoms with van der Waals surface area (Å²) in [7, 11) is 0. The second kappa shape index (κ2) is 5.91. The van der Waals surface area contributed by atoms with E-state index in [9.17, 15) is 4.79 Å². The van der Waals surface area contributed by atoms with Crippen molar-refractivity contribution in [3.05, 3.63) is 29.8 Å². The van der Waals surface area contributed by atoms with Crippen LogP contribution in [0.15, 0.2) is 29.3 Å². The summed E-state index contributed by atoms with van der Waals surface area (Å²) in [5.74, 6) is 0.692. The highest BCUT2D eigenvalue weighted by Gasteiger charge is 1.94. The van der Waals surface area contributed by atoms with Crippen molar-refractivity contribution in [2.75, 3.05) is 13.2 Å². The van der Waals surface area contributed by atoms with Crippen molar-refractivity contribution < 1.29 is 14.6 Å². The van der Waals surface area contributed by atoms with E-state index < -0.39 is 0 Å². The number of aliphatic hydroxyl groups excluding tert-OH is 1. The van der Waals surface area contributed by atoms with Crippen LogP contribution in [0.4, 0.5) is 0 Å². The van der Waals surface area contributed by atoms with Gasteiger partial charge in [0, 0.05) is 0 Å². The normalized spacial score (nSPS) is 9.21. The molecule has 0 spiro atoms. The van der Waals surface area contributed by atoms with Crippen molar-refractivity contribution in [1.29, 1.82) is 0 Å². The molecule has 1 rings (SSSR count). The SMILES string of the molecule is O=C=NCc1ccc(OCCO)cc1. The molecule has 4 nitrogen and oxygen atoms in total. The van der Waals surface area contributed by atoms with Gasteiger partial charge in [0.05, 0.1) is 13.2 Å². The van der Waals surface area contributed by atoms with E-state index in [-0.39, 0.29) is 13.2 Å². The fourth-order valence-electron chi connectivity index (χ4n) is 0.978. The van der Waals surface area contributed by atoms with Crippen LogP contribution in [0.1, 0.15) is 5.56 Å². The second-order valence-corrected chi connectivity index (χ2v) is 2.62. The van der Waals surface area contributed by atoms with Crippen LogP contribution in [0.2, 0.25) is 0 Å². The van der Waals surface area contributed by atoms with Crippen LogP contribution in [0, 0.1) is 0 Å². The Morgan fingerprint density at radius 2 is 2.07 bits per heavy atom. The van der Waals surface area contributed by atoms with Crippen LogP contribution in [0.5, 0.6) is 5.75 Å². The van der Waals surface area contributed by atoms with Gasteiger partial charge in [-0.1, -0.05) is 12.1 Å². The quantitative estimate of drug-likeness (QED) is 0.558. The summed E-state index contributed by atoms with van der Waals surface area (Å²) in [6, 6.07) is 7.16. The third-order valence-corrected chi connectivity index (χ3v) is 1.61. The maximum absolute atomic E-state index is 9.84. The highest BCUT2D eigenvalue weighted by molar-refractivity contribution is 5.34. The molecule has 0 unspecified atom stereocenters. The molecule has 0 heterocycles. The molecule has 0 aromatic heterocycles. The number of carbonyl (C=O) groups excluding carboxylic acids is 1. The van der Waals surface area contributed by atoms with Crippen LogP contribution in [-0.4, -0.2) is 24.4 Å². The lowest BCUT2D eigenvalue weighted by Gasteiger charge is -2.03. The summed E-state index contributed by atoms with van der Waals surface area (Å²) in [5.41, 5.74) is 0.921. The van der Waals surface area contributed by atoms with Crippen molar-refractivity contribution in [3.8, 4) is 5.75 Å². The highest BCUT2D eigenvalue weighted by Crippen LogP contribution is 2.12. The van der Waals surface area contributed by atoms with E-state index in [2.05, 4.69) is 4.99 Å². The van der Waals surface area contributed by atoms with Gasteiger partial charge >= 0.3 is 0 Å². The molecule has 0 fully saturated rings. The molecule has 0 saturated carbocycles. The number of hydrogen-bond acceptors (Lipinski definition) is 4. The zero-order valence-electron chi connectivity index (χ0n) is 7.64. The lowest BCUT2D eigenvalue weighted by molar-refractivity contribution is 0.201. The van der Waals surface area contributed by atoms with Gasteiger partial charge in [-0.25, -0.2) is 9.79 Å². The largest absolute Gasteiger partial charge is 0.491 e. The second-order valence-electron chi connectivity index (χ2n) is 2.62. The zero-order chi connectivity index (χ0) is 10.2. The smallest absolute Gasteiger partial charge is 0.235 e. The summed E-state index contributed by atoms with van der Waals surface area (Å²) in [5, 5.41) is 8.52. The van der Waals surface area contributed by atoms with Crippen molar-refractivity contribution in [2.45, 2.75) is 6.54 Å². The van der Waals surface area contributed by atoms with Crippen molar-refractivity contribution in [3.63, 3.8) is 0 Å². The number of aliphatic hydroxyl groups is 1. The minimum atomic E-state index is -0.00279. The molecular formula is C10H11NO3. The fourth-order valence-corrected chi connectivity index (χ4v) is 0.978. The van der Waals surface area contributed by atoms with Gasteiger partial charge in [-0.3, -0.25) is 0 Å². The van der Waals surface area contributed by atoms with Crippen molar-refractivity contribution in [1.82, 2.24) is 0 Å². The Labute approximate surface area is 81.9 Å². The van der Waals surface area contributed by atoms with E-state index in [1.807, 2.05) is 12.1 Å². The number of aliphatic imine (C=N–C) groups is 1. The molecule has 0 aliphatic carbocycles. The molecule has 14 heavy (non-hydrogen) atoms. The summed E-state index contributed by atoms with van der Waals surface area (Å²) in [6.45, 7) is 0.618. The van der Waals surface area contributed by atoms with Gasteiger partial charge < -0.3 is 9.84 Å². The molecule has 0 aliphatic heterocycles. The van der Waals surface area contributed by atoms with Gasteiger partial charge in [0.25, 0.3) is 0 Å². The maximum Gasteiger partial charge on any atom is 0.235 e. The first-order valence-electron chi connectivity index (χ1n) is 4.23. The van der Waals surface area contributed by atoms with E-state index in [1.54, 1.807) is 12.1 Å². The molecule has 0 saturated heterocycles. The minimum absolute atomic E-state index is 0.00279. The third-order valence-electron chi connectivity index (χ3n) is 1.61. The van der Waals surface area contributed by atoms with Gasteiger partial charge in [0.1, 0.15) is 12.4 Å². The van der Waals surface area contributed by atoms with Crippen LogP contribution in [-0.2, 0) is 11.3 Å². The standard InChI is InChI=1S/C10H11NO3/c12-5-6-14-10-3-1-9(2-4-10)7-11-8-13/h1-4,12H,5-7H2. The Morgan fingerprint density at radius 1 is 1.36 bits per heavy atom. The van der Waals surface area contributed by atoms with Crippen LogP contribution < -0.4 is 4.74 Å². The molecule has 1 N–H and O–H groups in total. The Kier molecular flexibility index (Phi) is 4.41. The van der Waals surface area contributed by atoms with E-state index in [0.717, 1.165) is 5.56 Å². The first-order valence-corrected chi connectivity index (χ1v) is 4.23. The maximum atomic E-state index is 9.84. The molecule has 0 atom stereocenters. The van der Waals surface area contributed by atoms with Gasteiger partial charge in [-0.05, 0) is 17.7 Å². The number of nitrogens with zero attached hydrogens (tertiary/aromatic N) is 1. The third kappa shape index (κ3) is 3.39. The Balaban J connectivity index is 2.54. The molecular weight excluding hydrogens is 182 g/mol. The first kappa shape index (κ1) is 10.4. The Morgan fingerprint density at radius 3 is 2.64 bits per heavy atom. The van der Waals surface area contributed by atoms with Crippen molar-refractivity contribution in [2.24, 2.45) is 4.99 Å². The van der Waals surface area contributed by atoms with E-state index in [0.29, 0.717) is 12.3 Å². The summed E-state index contributed by atoms with van der Waals surface area (Å²) < 4.78 is 5.16. The molecule has 0 bridgehead atoms. The molecule has 0 aliphatic rings. The molecule has 74 valence electrons. The molecule has 0 radical (unpaired) electrons. The molecule has 1 aromatic carbocycles. The average Bonchev–Trinajstić information content (AvgIpc) is 2.25. The molecule has 4 heteroatoms. The topological polar surface area (TPSA) is 58.9 Å². The number of ether oxygens (including phenoxy) is 1. The first-order chi connectivity index (χ1) is 6.86. The van der Waals surface area contributed by atoms with Crippen LogP contribution >= 0.6 is 0 Å². The summed E-state index contributed by atoms with van der Waals surface area (Å²) >= 11 is 0. The van der Waals surface area contributed by atoms with E-state index in [4.69, 9.17) is 9.84 Å². The monoisotopic (exact) mass is 193 g/mol. The number of hydrogen-bond donors (Lipinski definition) is 1. The number of isocyanates is 1. The predicted molar refractivity (Wildman–Crippen MR) is 50.8 cm³/mol. The lowest BCUT2D eigenvalue weighted by Crippen LogP contribution is -2.01. The van der Waals surface area contributed by atoms with E-state index >= 15 is 0 Å². The highest BCUT2D eigenvalue weighted by atomic mass is 16.5. The Hall–Kier alpha value is -1.64. The Bertz CT molecular complexity index is 315. The summed E-state index contributed by atoms with van der Waals surface area (Å²) in [6.07, 6.45) is 1.48. The number of benzene rings is 1. The number of rotatable bonds is 5. The van der Waals surface area contributed by atoms with Gasteiger partial charge in [0.15, 0.2) is 0 Å². The molecule has 0 amide bonds.